The number of rotatable bonds is 12. The van der Waals surface area contributed by atoms with E-state index in [-0.39, 0.29) is 80.2 Å². The van der Waals surface area contributed by atoms with Crippen molar-refractivity contribution in [2.24, 2.45) is 11.8 Å². The van der Waals surface area contributed by atoms with Crippen LogP contribution in [-0.4, -0.2) is 179 Å². The van der Waals surface area contributed by atoms with Crippen LogP contribution < -0.4 is 15.0 Å². The highest BCUT2D eigenvalue weighted by Gasteiger charge is 2.64. The molecule has 0 aromatic heterocycles. The molecule has 6 aliphatic heterocycles. The zero-order chi connectivity index (χ0) is 54.0. The fourth-order valence-electron chi connectivity index (χ4n) is 10.0. The summed E-state index contributed by atoms with van der Waals surface area (Å²) in [5.41, 5.74) is -1.23. The molecule has 0 radical (unpaired) electrons. The molecule has 22 nitrogen and oxygen atoms in total. The maximum atomic E-state index is 14.4. The van der Waals surface area contributed by atoms with Crippen LogP contribution in [0.25, 0.3) is 0 Å². The average Bonchev–Trinajstić information content (AvgIpc) is 3.87. The van der Waals surface area contributed by atoms with Crippen LogP contribution in [0.5, 0.6) is 5.75 Å². The molecule has 0 aliphatic carbocycles. The molecule has 0 saturated carbocycles. The van der Waals surface area contributed by atoms with Crippen molar-refractivity contribution in [2.75, 3.05) is 58.6 Å². The second kappa shape index (κ2) is 23.0. The van der Waals surface area contributed by atoms with Gasteiger partial charge in [-0.05, 0) is 63.6 Å². The van der Waals surface area contributed by atoms with Gasteiger partial charge in [-0.2, -0.15) is 0 Å². The number of likely N-dealkylation sites (N-methyl/N-ethyl adjacent to an activating group) is 1. The van der Waals surface area contributed by atoms with Crippen molar-refractivity contribution in [3.8, 4) is 5.75 Å². The summed E-state index contributed by atoms with van der Waals surface area (Å²) >= 11 is 7.97. The van der Waals surface area contributed by atoms with Gasteiger partial charge in [-0.25, -0.2) is 14.4 Å². The van der Waals surface area contributed by atoms with Gasteiger partial charge in [-0.1, -0.05) is 42.3 Å². The molecule has 6 aliphatic rings. The Kier molecular flexibility index (Phi) is 17.4. The lowest BCUT2D eigenvalue weighted by Crippen LogP contribution is -2.63. The Labute approximate surface area is 438 Å². The number of esters is 1. The summed E-state index contributed by atoms with van der Waals surface area (Å²) < 4.78 is 29.4. The highest BCUT2D eigenvalue weighted by molar-refractivity contribution is 8.00. The van der Waals surface area contributed by atoms with E-state index in [1.807, 2.05) is 13.0 Å². The number of piperidine rings is 1. The molecule has 74 heavy (non-hydrogen) atoms. The van der Waals surface area contributed by atoms with Crippen LogP contribution >= 0.6 is 23.4 Å². The van der Waals surface area contributed by atoms with E-state index in [0.29, 0.717) is 35.8 Å². The topological polar surface area (TPSA) is 261 Å². The van der Waals surface area contributed by atoms with E-state index in [1.165, 1.54) is 54.8 Å². The molecule has 7 rings (SSSR count). The number of aliphatic hydroxyl groups is 1. The number of carbonyl (C=O) groups excluding carboxylic acids is 9. The van der Waals surface area contributed by atoms with Crippen LogP contribution in [0.15, 0.2) is 35.9 Å². The van der Waals surface area contributed by atoms with Crippen molar-refractivity contribution in [1.82, 2.24) is 25.1 Å². The second-order valence-corrected chi connectivity index (χ2v) is 21.6. The summed E-state index contributed by atoms with van der Waals surface area (Å²) in [6.07, 6.45) is 0.185. The molecule has 0 spiro atoms. The molecule has 6 heterocycles. The Hall–Kier alpha value is -5.75. The van der Waals surface area contributed by atoms with Gasteiger partial charge in [0.1, 0.15) is 40.7 Å². The van der Waals surface area contributed by atoms with Crippen molar-refractivity contribution in [2.45, 2.75) is 133 Å². The molecule has 1 aromatic carbocycles. The fraction of sp³-hybridized carbons (Fsp3) is 0.620. The van der Waals surface area contributed by atoms with Gasteiger partial charge in [0.15, 0.2) is 5.72 Å². The molecular weight excluding hydrogens is 1010 g/mol. The van der Waals surface area contributed by atoms with Gasteiger partial charge in [0, 0.05) is 84.6 Å². The minimum atomic E-state index is -1.89. The predicted molar refractivity (Wildman–Crippen MR) is 265 cm³/mol. The van der Waals surface area contributed by atoms with Crippen molar-refractivity contribution in [1.29, 1.82) is 0 Å². The lowest BCUT2D eigenvalue weighted by molar-refractivity contribution is -0.174. The lowest BCUT2D eigenvalue weighted by Gasteiger charge is -2.42. The zero-order valence-corrected chi connectivity index (χ0v) is 44.4. The zero-order valence-electron chi connectivity index (χ0n) is 42.8. The number of benzene rings is 1. The van der Waals surface area contributed by atoms with Crippen LogP contribution in [0, 0.1) is 11.8 Å². The SMILES string of the molecule is COc1cc2cc(c1Cl)N(C)C(=O)C[C@H](OC(=O)[C@H](C)N(C)C(=O)CCSC1CC(=O)N(CC3CCN(C(=O)ON4C(=O)CCC4=O)CC3)C1=O)[C@]1(C)O[C@H]1[C@H](C)C1C[C@@](O)(NC(=O)O1)[C@H](OC)/C=C/C=C(\C)C2. The number of thioether (sulfide) groups is 1. The second-order valence-electron chi connectivity index (χ2n) is 19.9. The molecule has 24 heteroatoms. The van der Waals surface area contributed by atoms with E-state index in [0.717, 1.165) is 22.9 Å². The Morgan fingerprint density at radius 1 is 1.03 bits per heavy atom. The van der Waals surface area contributed by atoms with Gasteiger partial charge < -0.3 is 48.3 Å². The summed E-state index contributed by atoms with van der Waals surface area (Å²) in [4.78, 5) is 128. The van der Waals surface area contributed by atoms with E-state index in [1.54, 1.807) is 38.1 Å². The predicted octanol–water partition coefficient (Wildman–Crippen LogP) is 3.68. The first-order valence-electron chi connectivity index (χ1n) is 24.6. The summed E-state index contributed by atoms with van der Waals surface area (Å²) in [6, 6.07) is 2.36. The number of alkyl carbamates (subject to hydrolysis) is 1. The van der Waals surface area contributed by atoms with Crippen LogP contribution in [0.3, 0.4) is 0 Å². The molecular formula is C50H65ClN6O16S. The van der Waals surface area contributed by atoms with Crippen molar-refractivity contribution in [3.63, 3.8) is 0 Å². The number of likely N-dealkylation sites (tertiary alicyclic amines) is 2. The maximum absolute atomic E-state index is 14.4. The summed E-state index contributed by atoms with van der Waals surface area (Å²) in [5.74, 6) is -3.91. The number of methoxy groups -OCH3 is 2. The Balaban J connectivity index is 0.986. The van der Waals surface area contributed by atoms with Gasteiger partial charge in [-0.15, -0.1) is 16.8 Å². The van der Waals surface area contributed by atoms with Crippen LogP contribution in [0.1, 0.15) is 84.6 Å². The number of ether oxygens (including phenoxy) is 5. The van der Waals surface area contributed by atoms with Gasteiger partial charge in [0.25, 0.3) is 11.8 Å². The molecule has 8 amide bonds. The number of anilines is 1. The monoisotopic (exact) mass is 1070 g/mol. The smallest absolute Gasteiger partial charge is 0.434 e. The molecule has 5 saturated heterocycles. The quantitative estimate of drug-likeness (QED) is 0.172. The highest BCUT2D eigenvalue weighted by atomic mass is 35.5. The highest BCUT2D eigenvalue weighted by Crippen LogP contribution is 2.49. The molecule has 5 fully saturated rings. The van der Waals surface area contributed by atoms with Crippen molar-refractivity contribution in [3.05, 3.63) is 46.5 Å². The van der Waals surface area contributed by atoms with Crippen LogP contribution in [0.2, 0.25) is 5.02 Å². The van der Waals surface area contributed by atoms with E-state index in [4.69, 9.17) is 40.1 Å². The number of nitrogens with one attached hydrogen (secondary N) is 1. The molecule has 404 valence electrons. The number of hydroxylamine groups is 2. The first kappa shape index (κ1) is 56.0. The summed E-state index contributed by atoms with van der Waals surface area (Å²) in [5, 5.41) is 14.3. The Morgan fingerprint density at radius 3 is 2.38 bits per heavy atom. The third-order valence-electron chi connectivity index (χ3n) is 14.9. The number of halogens is 1. The third kappa shape index (κ3) is 12.2. The van der Waals surface area contributed by atoms with Crippen molar-refractivity contribution < 1.29 is 76.8 Å². The van der Waals surface area contributed by atoms with E-state index in [2.05, 4.69) is 5.32 Å². The molecule has 1 aromatic rings. The Morgan fingerprint density at radius 2 is 1.72 bits per heavy atom. The summed E-state index contributed by atoms with van der Waals surface area (Å²) in [6.45, 7) is 7.45. The number of imide groups is 2. The molecule has 9 atom stereocenters. The number of fused-ring (bicyclic) bond motifs is 5. The standard InChI is InChI=1S/C50H65ClN6O16S/c1-27-10-9-11-36(69-8)50(67)25-34(70-47(65)52-50)28(2)44-49(4,72-44)37(24-41(61)54(6)32-21-31(20-27)22-33(68-7)43(32)51)71-46(64)29(3)53(5)38(58)16-19-74-35-23-42(62)56(45(35)63)26-30-14-17-55(18-15-30)48(66)73-57-39(59)12-13-40(57)60/h9-11,21-22,28-30,34-37,44,67H,12-20,23-26H2,1-8H3,(H,52,65)/b11-9+,27-10+/t28-,29+,34?,35?,36-,37+,44+,49+,50+/m1/s1. The number of carbonyl (C=O) groups is 9. The number of hydrogen-bond donors (Lipinski definition) is 2. The van der Waals surface area contributed by atoms with Crippen molar-refractivity contribution >= 4 is 82.6 Å². The van der Waals surface area contributed by atoms with E-state index < -0.39 is 101 Å². The van der Waals surface area contributed by atoms with E-state index >= 15 is 0 Å². The van der Waals surface area contributed by atoms with Gasteiger partial charge in [0.05, 0.1) is 30.6 Å². The summed E-state index contributed by atoms with van der Waals surface area (Å²) in [7, 11) is 5.83. The number of epoxide rings is 1. The van der Waals surface area contributed by atoms with Gasteiger partial charge >= 0.3 is 18.2 Å². The van der Waals surface area contributed by atoms with Crippen LogP contribution in [0.4, 0.5) is 15.3 Å². The van der Waals surface area contributed by atoms with E-state index in [9.17, 15) is 48.3 Å². The first-order chi connectivity index (χ1) is 35.0. The Bertz CT molecular complexity index is 2470. The molecule has 2 unspecified atom stereocenters. The minimum absolute atomic E-state index is 0.0209. The average molecular weight is 1070 g/mol. The number of allylic oxidation sites excluding steroid dienone is 3. The number of amides is 8. The molecule has 4 bridgehead atoms. The van der Waals surface area contributed by atoms with Gasteiger partial charge in [-0.3, -0.25) is 39.0 Å². The van der Waals surface area contributed by atoms with Gasteiger partial charge in [0.2, 0.25) is 23.6 Å². The first-order valence-corrected chi connectivity index (χ1v) is 26.0. The fourth-order valence-corrected chi connectivity index (χ4v) is 11.4. The van der Waals surface area contributed by atoms with Crippen LogP contribution in [-0.2, 0) is 63.8 Å². The third-order valence-corrected chi connectivity index (χ3v) is 16.4. The normalized spacial score (nSPS) is 30.5. The lowest BCUT2D eigenvalue weighted by atomic mass is 9.83. The molecule has 2 N–H and O–H groups in total. The number of hydrogen-bond acceptors (Lipinski definition) is 17. The number of nitrogens with zero attached hydrogens (tertiary/aromatic N) is 5. The minimum Gasteiger partial charge on any atom is -0.495 e. The largest absolute Gasteiger partial charge is 0.495 e. The maximum Gasteiger partial charge on any atom is 0.434 e.